The molecule has 0 spiro atoms. The Morgan fingerprint density at radius 3 is 2.88 bits per heavy atom. The molecule has 2 aliphatic heterocycles. The number of hydrogen-bond acceptors (Lipinski definition) is 6. The van der Waals surface area contributed by atoms with Crippen LogP contribution in [-0.2, 0) is 9.47 Å². The van der Waals surface area contributed by atoms with Gasteiger partial charge in [-0.1, -0.05) is 6.07 Å². The first-order valence-electron chi connectivity index (χ1n) is 8.85. The Kier molecular flexibility index (Phi) is 5.05. The molecule has 2 fully saturated rings. The largest absolute Gasteiger partial charge is 0.381 e. The molecule has 2 atom stereocenters. The highest BCUT2D eigenvalue weighted by molar-refractivity contribution is 5.89. The minimum absolute atomic E-state index is 0.298. The number of fused-ring (bicyclic) bond motifs is 1. The summed E-state index contributed by atoms with van der Waals surface area (Å²) in [7, 11) is 0. The molecule has 4 rings (SSSR count). The Labute approximate surface area is 146 Å². The Morgan fingerprint density at radius 1 is 1.20 bits per heavy atom. The van der Waals surface area contributed by atoms with Gasteiger partial charge in [0.25, 0.3) is 0 Å². The first-order valence-corrected chi connectivity index (χ1v) is 8.85. The highest BCUT2D eigenvalue weighted by atomic mass is 19.1. The molecule has 1 aromatic carbocycles. The van der Waals surface area contributed by atoms with Gasteiger partial charge in [0.1, 0.15) is 18.0 Å². The Bertz CT molecular complexity index is 712. The van der Waals surface area contributed by atoms with Gasteiger partial charge in [-0.2, -0.15) is 0 Å². The maximum absolute atomic E-state index is 14.3. The molecule has 25 heavy (non-hydrogen) atoms. The summed E-state index contributed by atoms with van der Waals surface area (Å²) in [5.74, 6) is 0.733. The second-order valence-electron chi connectivity index (χ2n) is 6.58. The number of benzene rings is 1. The van der Waals surface area contributed by atoms with Crippen LogP contribution < -0.4 is 5.32 Å². The van der Waals surface area contributed by atoms with Crippen molar-refractivity contribution in [2.24, 2.45) is 5.92 Å². The molecule has 7 heteroatoms. The average Bonchev–Trinajstić information content (AvgIpc) is 3.17. The highest BCUT2D eigenvalue weighted by Gasteiger charge is 2.31. The van der Waals surface area contributed by atoms with E-state index in [9.17, 15) is 4.39 Å². The molecule has 2 aliphatic rings. The van der Waals surface area contributed by atoms with Gasteiger partial charge in [-0.3, -0.25) is 4.90 Å². The molecule has 2 aromatic rings. The minimum atomic E-state index is -0.298. The molecule has 0 aliphatic carbocycles. The summed E-state index contributed by atoms with van der Waals surface area (Å²) in [5.41, 5.74) is 0.615. The summed E-state index contributed by atoms with van der Waals surface area (Å²) in [5, 5.41) is 3.83. The van der Waals surface area contributed by atoms with Crippen molar-refractivity contribution in [3.63, 3.8) is 0 Å². The summed E-state index contributed by atoms with van der Waals surface area (Å²) >= 11 is 0. The predicted molar refractivity (Wildman–Crippen MR) is 93.1 cm³/mol. The predicted octanol–water partition coefficient (Wildman–Crippen LogP) is 1.92. The van der Waals surface area contributed by atoms with Crippen molar-refractivity contribution >= 4 is 16.7 Å². The van der Waals surface area contributed by atoms with Gasteiger partial charge >= 0.3 is 0 Å². The number of rotatable bonds is 5. The summed E-state index contributed by atoms with van der Waals surface area (Å²) in [4.78, 5) is 10.9. The van der Waals surface area contributed by atoms with Crippen molar-refractivity contribution in [2.45, 2.75) is 12.5 Å². The fraction of sp³-hybridized carbons (Fsp3) is 0.556. The lowest BCUT2D eigenvalue weighted by molar-refractivity contribution is 0.00460. The molecular formula is C18H23FN4O2. The second-order valence-corrected chi connectivity index (χ2v) is 6.58. The van der Waals surface area contributed by atoms with Crippen molar-refractivity contribution in [2.75, 3.05) is 51.4 Å². The molecule has 134 valence electrons. The van der Waals surface area contributed by atoms with Gasteiger partial charge < -0.3 is 14.8 Å². The Morgan fingerprint density at radius 2 is 2.08 bits per heavy atom. The third-order valence-electron chi connectivity index (χ3n) is 5.11. The van der Waals surface area contributed by atoms with Crippen LogP contribution in [0.5, 0.6) is 0 Å². The summed E-state index contributed by atoms with van der Waals surface area (Å²) in [6.45, 7) is 5.65. The van der Waals surface area contributed by atoms with Crippen molar-refractivity contribution in [1.82, 2.24) is 14.9 Å². The summed E-state index contributed by atoms with van der Waals surface area (Å²) in [6.07, 6.45) is 2.54. The molecule has 0 radical (unpaired) electrons. The molecule has 2 saturated heterocycles. The first-order chi connectivity index (χ1) is 12.3. The summed E-state index contributed by atoms with van der Waals surface area (Å²) < 4.78 is 25.3. The van der Waals surface area contributed by atoms with Crippen LogP contribution in [-0.4, -0.2) is 67.0 Å². The van der Waals surface area contributed by atoms with Gasteiger partial charge in [-0.25, -0.2) is 14.4 Å². The smallest absolute Gasteiger partial charge is 0.140 e. The fourth-order valence-corrected chi connectivity index (χ4v) is 3.76. The van der Waals surface area contributed by atoms with E-state index >= 15 is 0 Å². The van der Waals surface area contributed by atoms with Crippen molar-refractivity contribution in [3.8, 4) is 0 Å². The van der Waals surface area contributed by atoms with Gasteiger partial charge in [0.2, 0.25) is 0 Å². The lowest BCUT2D eigenvalue weighted by atomic mass is 9.97. The number of morpholine rings is 1. The first kappa shape index (κ1) is 16.6. The highest BCUT2D eigenvalue weighted by Crippen LogP contribution is 2.25. The van der Waals surface area contributed by atoms with E-state index in [4.69, 9.17) is 9.47 Å². The monoisotopic (exact) mass is 346 g/mol. The zero-order valence-corrected chi connectivity index (χ0v) is 14.2. The summed E-state index contributed by atoms with van der Waals surface area (Å²) in [6, 6.07) is 5.24. The van der Waals surface area contributed by atoms with Crippen LogP contribution in [0, 0.1) is 11.7 Å². The average molecular weight is 346 g/mol. The molecular weight excluding hydrogens is 323 g/mol. The van der Waals surface area contributed by atoms with E-state index in [1.807, 2.05) is 0 Å². The number of hydrogen-bond donors (Lipinski definition) is 1. The maximum Gasteiger partial charge on any atom is 0.140 e. The Balaban J connectivity index is 1.54. The molecule has 1 aromatic heterocycles. The van der Waals surface area contributed by atoms with Crippen molar-refractivity contribution in [1.29, 1.82) is 0 Å². The van der Waals surface area contributed by atoms with Crippen LogP contribution in [0.25, 0.3) is 10.9 Å². The SMILES string of the molecule is Fc1cccc2ncnc(NC[C@H]([C@@H]3CCOC3)N3CCOCC3)c12. The zero-order valence-electron chi connectivity index (χ0n) is 14.2. The topological polar surface area (TPSA) is 59.5 Å². The quantitative estimate of drug-likeness (QED) is 0.893. The Hall–Kier alpha value is -1.83. The van der Waals surface area contributed by atoms with E-state index in [0.717, 1.165) is 45.9 Å². The number of anilines is 1. The van der Waals surface area contributed by atoms with Gasteiger partial charge in [0, 0.05) is 38.2 Å². The molecule has 3 heterocycles. The fourth-order valence-electron chi connectivity index (χ4n) is 3.76. The van der Waals surface area contributed by atoms with Gasteiger partial charge in [-0.05, 0) is 18.6 Å². The van der Waals surface area contributed by atoms with Gasteiger partial charge in [0.05, 0.1) is 30.7 Å². The van der Waals surface area contributed by atoms with E-state index in [2.05, 4.69) is 20.2 Å². The molecule has 0 bridgehead atoms. The zero-order chi connectivity index (χ0) is 17.1. The van der Waals surface area contributed by atoms with Crippen molar-refractivity contribution < 1.29 is 13.9 Å². The normalized spacial score (nSPS) is 23.0. The maximum atomic E-state index is 14.3. The van der Waals surface area contributed by atoms with Gasteiger partial charge in [-0.15, -0.1) is 0 Å². The molecule has 1 N–H and O–H groups in total. The molecule has 0 unspecified atom stereocenters. The lowest BCUT2D eigenvalue weighted by Gasteiger charge is -2.37. The van der Waals surface area contributed by atoms with Crippen LogP contribution in [0.4, 0.5) is 10.2 Å². The van der Waals surface area contributed by atoms with Crippen molar-refractivity contribution in [3.05, 3.63) is 30.3 Å². The van der Waals surface area contributed by atoms with Crippen LogP contribution in [0.1, 0.15) is 6.42 Å². The van der Waals surface area contributed by atoms with Crippen LogP contribution in [0.15, 0.2) is 24.5 Å². The van der Waals surface area contributed by atoms with Gasteiger partial charge in [0.15, 0.2) is 0 Å². The molecule has 6 nitrogen and oxygen atoms in total. The number of nitrogens with one attached hydrogen (secondary N) is 1. The number of ether oxygens (including phenoxy) is 2. The standard InChI is InChI=1S/C18H23FN4O2/c19-14-2-1-3-15-17(14)18(22-12-21-15)20-10-16(13-4-7-25-11-13)23-5-8-24-9-6-23/h1-3,12-13,16H,4-11H2,(H,20,21,22)/t13-,16-/m1/s1. The van der Waals surface area contributed by atoms with E-state index < -0.39 is 0 Å². The van der Waals surface area contributed by atoms with Crippen LogP contribution >= 0.6 is 0 Å². The van der Waals surface area contributed by atoms with E-state index in [-0.39, 0.29) is 5.82 Å². The van der Waals surface area contributed by atoms with Crippen LogP contribution in [0.3, 0.4) is 0 Å². The van der Waals surface area contributed by atoms with E-state index in [0.29, 0.717) is 35.2 Å². The number of aromatic nitrogens is 2. The third kappa shape index (κ3) is 3.58. The molecule has 0 amide bonds. The number of halogens is 1. The van der Waals surface area contributed by atoms with E-state index in [1.165, 1.54) is 12.4 Å². The van der Waals surface area contributed by atoms with E-state index in [1.54, 1.807) is 12.1 Å². The molecule has 0 saturated carbocycles. The second kappa shape index (κ2) is 7.59. The number of nitrogens with zero attached hydrogens (tertiary/aromatic N) is 3. The lowest BCUT2D eigenvalue weighted by Crippen LogP contribution is -2.50. The van der Waals surface area contributed by atoms with Crippen LogP contribution in [0.2, 0.25) is 0 Å². The third-order valence-corrected chi connectivity index (χ3v) is 5.11. The minimum Gasteiger partial charge on any atom is -0.381 e.